The number of carbonyl (C=O) groups excluding carboxylic acids is 1. The van der Waals surface area contributed by atoms with E-state index in [0.29, 0.717) is 13.0 Å². The fourth-order valence-corrected chi connectivity index (χ4v) is 1.56. The Morgan fingerprint density at radius 1 is 1.59 bits per heavy atom. The third kappa shape index (κ3) is 6.06. The van der Waals surface area contributed by atoms with Crippen LogP contribution in [0.25, 0.3) is 0 Å². The van der Waals surface area contributed by atoms with Crippen LogP contribution in [-0.4, -0.2) is 34.9 Å². The summed E-state index contributed by atoms with van der Waals surface area (Å²) in [4.78, 5) is 11.2. The van der Waals surface area contributed by atoms with Gasteiger partial charge in [-0.15, -0.1) is 0 Å². The third-order valence-electron chi connectivity index (χ3n) is 2.39. The molecule has 1 rings (SSSR count). The fourth-order valence-electron chi connectivity index (χ4n) is 1.56. The van der Waals surface area contributed by atoms with Crippen LogP contribution in [0.15, 0.2) is 18.5 Å². The average Bonchev–Trinajstić information content (AvgIpc) is 2.77. The topological polar surface area (TPSA) is 56.1 Å². The van der Waals surface area contributed by atoms with Crippen LogP contribution in [0.5, 0.6) is 0 Å². The normalized spacial score (nSPS) is 12.4. The fraction of sp³-hybridized carbons (Fsp3) is 0.667. The molecule has 1 unspecified atom stereocenters. The predicted molar refractivity (Wildman–Crippen MR) is 65.6 cm³/mol. The number of esters is 1. The van der Waals surface area contributed by atoms with Crippen molar-refractivity contribution in [2.45, 2.75) is 39.3 Å². The van der Waals surface area contributed by atoms with E-state index in [4.69, 9.17) is 4.74 Å². The molecule has 0 spiro atoms. The Bertz CT molecular complexity index is 312. The first kappa shape index (κ1) is 13.7. The highest BCUT2D eigenvalue weighted by Crippen LogP contribution is 1.95. The van der Waals surface area contributed by atoms with Crippen molar-refractivity contribution in [2.75, 3.05) is 13.2 Å². The maximum absolute atomic E-state index is 11.2. The van der Waals surface area contributed by atoms with Gasteiger partial charge in [-0.1, -0.05) is 0 Å². The molecule has 0 aromatic carbocycles. The molecule has 0 saturated heterocycles. The van der Waals surface area contributed by atoms with E-state index >= 15 is 0 Å². The van der Waals surface area contributed by atoms with Crippen LogP contribution >= 0.6 is 0 Å². The van der Waals surface area contributed by atoms with Crippen LogP contribution in [0, 0.1) is 0 Å². The second-order valence-corrected chi connectivity index (χ2v) is 3.99. The van der Waals surface area contributed by atoms with Gasteiger partial charge in [-0.05, 0) is 32.9 Å². The van der Waals surface area contributed by atoms with Gasteiger partial charge in [0.05, 0.1) is 13.0 Å². The maximum Gasteiger partial charge on any atom is 0.307 e. The molecule has 0 aliphatic rings. The van der Waals surface area contributed by atoms with Gasteiger partial charge in [-0.3, -0.25) is 9.48 Å². The van der Waals surface area contributed by atoms with Crippen molar-refractivity contribution in [3.8, 4) is 0 Å². The quantitative estimate of drug-likeness (QED) is 0.547. The van der Waals surface area contributed by atoms with Crippen molar-refractivity contribution in [3.05, 3.63) is 18.5 Å². The summed E-state index contributed by atoms with van der Waals surface area (Å²) in [6.45, 7) is 6.03. The van der Waals surface area contributed by atoms with Crippen molar-refractivity contribution in [1.82, 2.24) is 15.1 Å². The van der Waals surface area contributed by atoms with Gasteiger partial charge in [0.25, 0.3) is 0 Å². The molecule has 0 saturated carbocycles. The van der Waals surface area contributed by atoms with Crippen LogP contribution in [0.3, 0.4) is 0 Å². The number of nitrogens with zero attached hydrogens (tertiary/aromatic N) is 2. The second-order valence-electron chi connectivity index (χ2n) is 3.99. The zero-order valence-electron chi connectivity index (χ0n) is 10.6. The van der Waals surface area contributed by atoms with Gasteiger partial charge in [0.1, 0.15) is 0 Å². The monoisotopic (exact) mass is 239 g/mol. The largest absolute Gasteiger partial charge is 0.466 e. The Kier molecular flexibility index (Phi) is 6.32. The molecule has 1 aromatic heterocycles. The van der Waals surface area contributed by atoms with Gasteiger partial charge >= 0.3 is 5.97 Å². The summed E-state index contributed by atoms with van der Waals surface area (Å²) in [5, 5.41) is 7.41. The summed E-state index contributed by atoms with van der Waals surface area (Å²) in [7, 11) is 0. The number of aromatic nitrogens is 2. The van der Waals surface area contributed by atoms with Crippen LogP contribution < -0.4 is 5.32 Å². The summed E-state index contributed by atoms with van der Waals surface area (Å²) in [5.74, 6) is -0.139. The number of rotatable bonds is 8. The van der Waals surface area contributed by atoms with E-state index in [1.165, 1.54) is 0 Å². The first-order valence-electron chi connectivity index (χ1n) is 6.08. The lowest BCUT2D eigenvalue weighted by atomic mass is 10.2. The Hall–Kier alpha value is -1.36. The lowest BCUT2D eigenvalue weighted by Gasteiger charge is -2.12. The van der Waals surface area contributed by atoms with E-state index in [-0.39, 0.29) is 12.0 Å². The second kappa shape index (κ2) is 7.84. The zero-order valence-corrected chi connectivity index (χ0v) is 10.6. The molecule has 0 amide bonds. The van der Waals surface area contributed by atoms with E-state index in [9.17, 15) is 4.79 Å². The number of aryl methyl sites for hydroxylation is 1. The number of nitrogens with one attached hydrogen (secondary N) is 1. The van der Waals surface area contributed by atoms with Crippen LogP contribution in [0.4, 0.5) is 0 Å². The Balaban J connectivity index is 2.04. The van der Waals surface area contributed by atoms with Gasteiger partial charge in [0.15, 0.2) is 0 Å². The first-order chi connectivity index (χ1) is 8.22. The molecule has 0 bridgehead atoms. The van der Waals surface area contributed by atoms with Gasteiger partial charge in [0.2, 0.25) is 0 Å². The standard InChI is InChI=1S/C12H21N3O2/c1-3-17-12(16)10-11(2)13-6-4-8-15-9-5-7-14-15/h5,7,9,11,13H,3-4,6,8,10H2,1-2H3. The Morgan fingerprint density at radius 2 is 2.41 bits per heavy atom. The van der Waals surface area contributed by atoms with Crippen molar-refractivity contribution >= 4 is 5.97 Å². The smallest absolute Gasteiger partial charge is 0.307 e. The Morgan fingerprint density at radius 3 is 3.06 bits per heavy atom. The minimum atomic E-state index is -0.139. The number of hydrogen-bond acceptors (Lipinski definition) is 4. The molecule has 17 heavy (non-hydrogen) atoms. The lowest BCUT2D eigenvalue weighted by molar-refractivity contribution is -0.143. The van der Waals surface area contributed by atoms with Crippen LogP contribution in [0.1, 0.15) is 26.7 Å². The van der Waals surface area contributed by atoms with E-state index in [1.54, 1.807) is 6.20 Å². The summed E-state index contributed by atoms with van der Waals surface area (Å²) in [5.41, 5.74) is 0. The molecular formula is C12H21N3O2. The molecule has 1 N–H and O–H groups in total. The molecule has 1 heterocycles. The molecule has 1 aromatic rings. The lowest BCUT2D eigenvalue weighted by Crippen LogP contribution is -2.30. The van der Waals surface area contributed by atoms with Crippen LogP contribution in [0.2, 0.25) is 0 Å². The van der Waals surface area contributed by atoms with Crippen molar-refractivity contribution < 1.29 is 9.53 Å². The summed E-state index contributed by atoms with van der Waals surface area (Å²) in [6, 6.07) is 2.07. The SMILES string of the molecule is CCOC(=O)CC(C)NCCCn1cccn1. The minimum absolute atomic E-state index is 0.139. The molecule has 0 aliphatic heterocycles. The van der Waals surface area contributed by atoms with Crippen molar-refractivity contribution in [1.29, 1.82) is 0 Å². The third-order valence-corrected chi connectivity index (χ3v) is 2.39. The highest BCUT2D eigenvalue weighted by molar-refractivity contribution is 5.69. The molecule has 1 atom stereocenters. The van der Waals surface area contributed by atoms with E-state index in [1.807, 2.05) is 30.8 Å². The highest BCUT2D eigenvalue weighted by atomic mass is 16.5. The first-order valence-corrected chi connectivity index (χ1v) is 6.08. The summed E-state index contributed by atoms with van der Waals surface area (Å²) < 4.78 is 6.79. The van der Waals surface area contributed by atoms with E-state index in [0.717, 1.165) is 19.5 Å². The van der Waals surface area contributed by atoms with E-state index in [2.05, 4.69) is 10.4 Å². The molecular weight excluding hydrogens is 218 g/mol. The molecule has 0 aliphatic carbocycles. The molecule has 0 fully saturated rings. The zero-order chi connectivity index (χ0) is 12.5. The van der Waals surface area contributed by atoms with Gasteiger partial charge in [-0.25, -0.2) is 0 Å². The van der Waals surface area contributed by atoms with E-state index < -0.39 is 0 Å². The minimum Gasteiger partial charge on any atom is -0.466 e. The molecule has 5 heteroatoms. The number of carbonyl (C=O) groups is 1. The molecule has 96 valence electrons. The number of hydrogen-bond donors (Lipinski definition) is 1. The van der Waals surface area contributed by atoms with Crippen LogP contribution in [-0.2, 0) is 16.1 Å². The predicted octanol–water partition coefficient (Wildman–Crippen LogP) is 1.20. The molecule has 5 nitrogen and oxygen atoms in total. The number of ether oxygens (including phenoxy) is 1. The maximum atomic E-state index is 11.2. The van der Waals surface area contributed by atoms with Crippen molar-refractivity contribution in [2.24, 2.45) is 0 Å². The summed E-state index contributed by atoms with van der Waals surface area (Å²) >= 11 is 0. The highest BCUT2D eigenvalue weighted by Gasteiger charge is 2.08. The van der Waals surface area contributed by atoms with Gasteiger partial charge < -0.3 is 10.1 Å². The molecule has 0 radical (unpaired) electrons. The van der Waals surface area contributed by atoms with Crippen molar-refractivity contribution in [3.63, 3.8) is 0 Å². The Labute approximate surface area is 102 Å². The summed E-state index contributed by atoms with van der Waals surface area (Å²) in [6.07, 6.45) is 5.14. The average molecular weight is 239 g/mol. The van der Waals surface area contributed by atoms with Gasteiger partial charge in [-0.2, -0.15) is 5.10 Å². The van der Waals surface area contributed by atoms with Gasteiger partial charge in [0, 0.05) is 25.0 Å².